The van der Waals surface area contributed by atoms with Gasteiger partial charge in [0.15, 0.2) is 0 Å². The van der Waals surface area contributed by atoms with Crippen molar-refractivity contribution in [3.8, 4) is 0 Å². The molecule has 0 amide bonds. The van der Waals surface area contributed by atoms with Crippen LogP contribution in [0.5, 0.6) is 0 Å². The van der Waals surface area contributed by atoms with Crippen LogP contribution >= 0.6 is 0 Å². The van der Waals surface area contributed by atoms with E-state index >= 15 is 0 Å². The molecule has 1 aromatic heterocycles. The molecular weight excluding hydrogens is 218 g/mol. The van der Waals surface area contributed by atoms with Gasteiger partial charge in [-0.1, -0.05) is 13.3 Å². The van der Waals surface area contributed by atoms with Crippen LogP contribution in [0.25, 0.3) is 0 Å². The Labute approximate surface area is 103 Å². The first-order valence-corrected chi connectivity index (χ1v) is 6.18. The zero-order chi connectivity index (χ0) is 12.5. The second kappa shape index (κ2) is 8.28. The number of hydrogen-bond acceptors (Lipinski definition) is 4. The molecule has 1 atom stereocenters. The first-order chi connectivity index (χ1) is 8.26. The summed E-state index contributed by atoms with van der Waals surface area (Å²) in [5.74, 6) is 0.921. The largest absolute Gasteiger partial charge is 0.468 e. The van der Waals surface area contributed by atoms with Gasteiger partial charge in [-0.15, -0.1) is 0 Å². The Morgan fingerprint density at radius 3 is 2.94 bits per heavy atom. The van der Waals surface area contributed by atoms with E-state index in [0.717, 1.165) is 31.7 Å². The monoisotopic (exact) mass is 241 g/mol. The van der Waals surface area contributed by atoms with Crippen LogP contribution in [0.15, 0.2) is 22.8 Å². The summed E-state index contributed by atoms with van der Waals surface area (Å²) < 4.78 is 10.4. The molecule has 0 saturated carbocycles. The third-order valence-corrected chi connectivity index (χ3v) is 2.66. The SMILES string of the molecule is CCCC(O)CN(CCOC)Cc1ccco1. The van der Waals surface area contributed by atoms with Gasteiger partial charge in [0, 0.05) is 20.2 Å². The van der Waals surface area contributed by atoms with Crippen molar-refractivity contribution in [3.05, 3.63) is 24.2 Å². The Morgan fingerprint density at radius 2 is 2.35 bits per heavy atom. The topological polar surface area (TPSA) is 45.8 Å². The molecule has 0 aromatic carbocycles. The molecule has 17 heavy (non-hydrogen) atoms. The quantitative estimate of drug-likeness (QED) is 0.717. The summed E-state index contributed by atoms with van der Waals surface area (Å²) >= 11 is 0. The van der Waals surface area contributed by atoms with E-state index in [1.807, 2.05) is 12.1 Å². The van der Waals surface area contributed by atoms with E-state index in [1.54, 1.807) is 13.4 Å². The Hall–Kier alpha value is -0.840. The molecule has 0 fully saturated rings. The van der Waals surface area contributed by atoms with Crippen molar-refractivity contribution in [1.82, 2.24) is 4.90 Å². The number of methoxy groups -OCH3 is 1. The van der Waals surface area contributed by atoms with Crippen molar-refractivity contribution in [2.24, 2.45) is 0 Å². The normalized spacial score (nSPS) is 13.2. The third-order valence-electron chi connectivity index (χ3n) is 2.66. The summed E-state index contributed by atoms with van der Waals surface area (Å²) in [6, 6.07) is 3.83. The smallest absolute Gasteiger partial charge is 0.117 e. The zero-order valence-corrected chi connectivity index (χ0v) is 10.8. The number of hydrogen-bond donors (Lipinski definition) is 1. The van der Waals surface area contributed by atoms with Gasteiger partial charge in [0.25, 0.3) is 0 Å². The van der Waals surface area contributed by atoms with Crippen LogP contribution in [-0.2, 0) is 11.3 Å². The maximum Gasteiger partial charge on any atom is 0.117 e. The first kappa shape index (κ1) is 14.2. The van der Waals surface area contributed by atoms with Crippen molar-refractivity contribution < 1.29 is 14.3 Å². The minimum absolute atomic E-state index is 0.271. The lowest BCUT2D eigenvalue weighted by molar-refractivity contribution is 0.0764. The van der Waals surface area contributed by atoms with E-state index in [4.69, 9.17) is 9.15 Å². The second-order valence-corrected chi connectivity index (χ2v) is 4.25. The number of aliphatic hydroxyl groups excluding tert-OH is 1. The number of nitrogens with zero attached hydrogens (tertiary/aromatic N) is 1. The molecule has 4 heteroatoms. The van der Waals surface area contributed by atoms with Crippen LogP contribution in [0.1, 0.15) is 25.5 Å². The Morgan fingerprint density at radius 1 is 1.53 bits per heavy atom. The second-order valence-electron chi connectivity index (χ2n) is 4.25. The number of rotatable bonds is 9. The van der Waals surface area contributed by atoms with E-state index in [1.165, 1.54) is 0 Å². The van der Waals surface area contributed by atoms with Gasteiger partial charge < -0.3 is 14.3 Å². The van der Waals surface area contributed by atoms with Crippen LogP contribution in [0.4, 0.5) is 0 Å². The molecule has 0 saturated heterocycles. The molecule has 1 aromatic rings. The number of ether oxygens (including phenoxy) is 1. The van der Waals surface area contributed by atoms with Gasteiger partial charge in [0.2, 0.25) is 0 Å². The summed E-state index contributed by atoms with van der Waals surface area (Å²) in [7, 11) is 1.69. The van der Waals surface area contributed by atoms with Crippen molar-refractivity contribution in [2.45, 2.75) is 32.4 Å². The van der Waals surface area contributed by atoms with Crippen LogP contribution in [0, 0.1) is 0 Å². The summed E-state index contributed by atoms with van der Waals surface area (Å²) in [5.41, 5.74) is 0. The highest BCUT2D eigenvalue weighted by atomic mass is 16.5. The molecule has 0 aliphatic carbocycles. The van der Waals surface area contributed by atoms with Crippen LogP contribution < -0.4 is 0 Å². The molecule has 0 aliphatic heterocycles. The Balaban J connectivity index is 2.42. The summed E-state index contributed by atoms with van der Waals surface area (Å²) in [6.07, 6.45) is 3.24. The maximum atomic E-state index is 9.83. The molecular formula is C13H23NO3. The number of aliphatic hydroxyl groups is 1. The van der Waals surface area contributed by atoms with Gasteiger partial charge in [0.1, 0.15) is 5.76 Å². The molecule has 0 bridgehead atoms. The van der Waals surface area contributed by atoms with E-state index in [9.17, 15) is 5.11 Å². The highest BCUT2D eigenvalue weighted by molar-refractivity contribution is 4.97. The minimum Gasteiger partial charge on any atom is -0.468 e. The lowest BCUT2D eigenvalue weighted by Gasteiger charge is -2.23. The fourth-order valence-electron chi connectivity index (χ4n) is 1.80. The number of furan rings is 1. The van der Waals surface area contributed by atoms with Crippen molar-refractivity contribution in [2.75, 3.05) is 26.8 Å². The van der Waals surface area contributed by atoms with Crippen LogP contribution in [-0.4, -0.2) is 42.9 Å². The minimum atomic E-state index is -0.271. The molecule has 0 spiro atoms. The van der Waals surface area contributed by atoms with Crippen LogP contribution in [0.3, 0.4) is 0 Å². The molecule has 98 valence electrons. The van der Waals surface area contributed by atoms with E-state index in [2.05, 4.69) is 11.8 Å². The maximum absolute atomic E-state index is 9.83. The van der Waals surface area contributed by atoms with E-state index < -0.39 is 0 Å². The predicted molar refractivity (Wildman–Crippen MR) is 66.8 cm³/mol. The molecule has 1 N–H and O–H groups in total. The van der Waals surface area contributed by atoms with Gasteiger partial charge in [0.05, 0.1) is 25.5 Å². The van der Waals surface area contributed by atoms with Gasteiger partial charge in [-0.25, -0.2) is 0 Å². The van der Waals surface area contributed by atoms with E-state index in [-0.39, 0.29) is 6.10 Å². The molecule has 1 unspecified atom stereocenters. The molecule has 0 aliphatic rings. The summed E-state index contributed by atoms with van der Waals surface area (Å²) in [6.45, 7) is 4.93. The van der Waals surface area contributed by atoms with Crippen LogP contribution in [0.2, 0.25) is 0 Å². The van der Waals surface area contributed by atoms with Gasteiger partial charge in [-0.3, -0.25) is 4.90 Å². The first-order valence-electron chi connectivity index (χ1n) is 6.18. The van der Waals surface area contributed by atoms with Gasteiger partial charge >= 0.3 is 0 Å². The Kier molecular flexibility index (Phi) is 6.93. The van der Waals surface area contributed by atoms with Crippen molar-refractivity contribution in [1.29, 1.82) is 0 Å². The van der Waals surface area contributed by atoms with E-state index in [0.29, 0.717) is 13.2 Å². The van der Waals surface area contributed by atoms with Crippen molar-refractivity contribution >= 4 is 0 Å². The van der Waals surface area contributed by atoms with Crippen molar-refractivity contribution in [3.63, 3.8) is 0 Å². The average Bonchev–Trinajstić information content (AvgIpc) is 2.79. The van der Waals surface area contributed by atoms with Gasteiger partial charge in [-0.05, 0) is 18.6 Å². The summed E-state index contributed by atoms with van der Waals surface area (Å²) in [4.78, 5) is 2.16. The molecule has 4 nitrogen and oxygen atoms in total. The highest BCUT2D eigenvalue weighted by Gasteiger charge is 2.12. The Bertz CT molecular complexity index is 274. The fraction of sp³-hybridized carbons (Fsp3) is 0.692. The summed E-state index contributed by atoms with van der Waals surface area (Å²) in [5, 5.41) is 9.83. The zero-order valence-electron chi connectivity index (χ0n) is 10.8. The highest BCUT2D eigenvalue weighted by Crippen LogP contribution is 2.07. The fourth-order valence-corrected chi connectivity index (χ4v) is 1.80. The lowest BCUT2D eigenvalue weighted by atomic mass is 10.2. The molecule has 1 rings (SSSR count). The molecule has 1 heterocycles. The standard InChI is InChI=1S/C13H23NO3/c1-3-5-12(15)10-14(7-9-16-2)11-13-6-4-8-17-13/h4,6,8,12,15H,3,5,7,9-11H2,1-2H3. The predicted octanol–water partition coefficient (Wildman–Crippen LogP) is 1.89. The lowest BCUT2D eigenvalue weighted by Crippen LogP contribution is -2.34. The third kappa shape index (κ3) is 5.86. The molecule has 0 radical (unpaired) electrons. The van der Waals surface area contributed by atoms with Gasteiger partial charge in [-0.2, -0.15) is 0 Å². The average molecular weight is 241 g/mol.